The van der Waals surface area contributed by atoms with Crippen molar-refractivity contribution in [1.82, 2.24) is 4.90 Å². The predicted molar refractivity (Wildman–Crippen MR) is 77.6 cm³/mol. The van der Waals surface area contributed by atoms with Crippen LogP contribution in [0.5, 0.6) is 5.75 Å². The molecule has 0 bridgehead atoms. The Morgan fingerprint density at radius 3 is 2.50 bits per heavy atom. The first-order chi connectivity index (χ1) is 9.54. The summed E-state index contributed by atoms with van der Waals surface area (Å²) in [6.07, 6.45) is 2.19. The van der Waals surface area contributed by atoms with Gasteiger partial charge in [0, 0.05) is 19.5 Å². The normalized spacial score (nSPS) is 15.9. The minimum Gasteiger partial charge on any atom is -0.427 e. The maximum atomic E-state index is 11.9. The van der Waals surface area contributed by atoms with E-state index in [1.54, 1.807) is 0 Å². The summed E-state index contributed by atoms with van der Waals surface area (Å²) in [5.41, 5.74) is 6.59. The fraction of sp³-hybridized carbons (Fsp3) is 0.467. The van der Waals surface area contributed by atoms with E-state index in [4.69, 9.17) is 15.9 Å². The third kappa shape index (κ3) is 3.98. The fourth-order valence-corrected chi connectivity index (χ4v) is 2.39. The van der Waals surface area contributed by atoms with E-state index in [2.05, 4.69) is 0 Å². The molecule has 0 aromatic heterocycles. The highest BCUT2D eigenvalue weighted by atomic mass is 16.5. The van der Waals surface area contributed by atoms with E-state index in [0.717, 1.165) is 31.5 Å². The average molecular weight is 275 g/mol. The molecule has 0 radical (unpaired) electrons. The summed E-state index contributed by atoms with van der Waals surface area (Å²) in [4.78, 5) is 13.7. The van der Waals surface area contributed by atoms with E-state index in [1.807, 2.05) is 36.1 Å². The molecule has 1 heterocycles. The largest absolute Gasteiger partial charge is 0.427 e. The zero-order valence-corrected chi connectivity index (χ0v) is 11.8. The van der Waals surface area contributed by atoms with Crippen molar-refractivity contribution in [2.75, 3.05) is 13.1 Å². The van der Waals surface area contributed by atoms with Crippen molar-refractivity contribution in [2.45, 2.75) is 26.2 Å². The maximum Gasteiger partial charge on any atom is 0.311 e. The number of guanidine groups is 1. The smallest absolute Gasteiger partial charge is 0.311 e. The lowest BCUT2D eigenvalue weighted by molar-refractivity contribution is -0.135. The van der Waals surface area contributed by atoms with Crippen molar-refractivity contribution < 1.29 is 9.53 Å². The van der Waals surface area contributed by atoms with Gasteiger partial charge >= 0.3 is 5.97 Å². The molecular weight excluding hydrogens is 254 g/mol. The highest BCUT2D eigenvalue weighted by molar-refractivity contribution is 5.75. The van der Waals surface area contributed by atoms with Gasteiger partial charge in [-0.15, -0.1) is 0 Å². The minimum absolute atomic E-state index is 0.116. The number of nitrogens with two attached hydrogens (primary N) is 1. The molecule has 0 unspecified atom stereocenters. The van der Waals surface area contributed by atoms with Crippen LogP contribution in [0.2, 0.25) is 0 Å². The molecule has 0 aliphatic carbocycles. The first-order valence-corrected chi connectivity index (χ1v) is 6.91. The monoisotopic (exact) mass is 275 g/mol. The summed E-state index contributed by atoms with van der Waals surface area (Å²) in [7, 11) is 0. The van der Waals surface area contributed by atoms with Crippen LogP contribution in [0.15, 0.2) is 24.3 Å². The molecule has 1 aliphatic heterocycles. The van der Waals surface area contributed by atoms with Crippen LogP contribution in [0, 0.1) is 18.3 Å². The second kappa shape index (κ2) is 6.41. The van der Waals surface area contributed by atoms with Gasteiger partial charge in [-0.3, -0.25) is 10.2 Å². The number of hydrogen-bond acceptors (Lipinski definition) is 3. The molecule has 1 aliphatic rings. The molecule has 0 amide bonds. The van der Waals surface area contributed by atoms with Gasteiger partial charge in [0.2, 0.25) is 0 Å². The highest BCUT2D eigenvalue weighted by Gasteiger charge is 2.22. The Morgan fingerprint density at radius 2 is 1.95 bits per heavy atom. The van der Waals surface area contributed by atoms with E-state index >= 15 is 0 Å². The van der Waals surface area contributed by atoms with Crippen molar-refractivity contribution >= 4 is 11.9 Å². The van der Waals surface area contributed by atoms with Gasteiger partial charge in [0.15, 0.2) is 5.96 Å². The van der Waals surface area contributed by atoms with Gasteiger partial charge in [-0.1, -0.05) is 17.7 Å². The van der Waals surface area contributed by atoms with Gasteiger partial charge in [-0.25, -0.2) is 0 Å². The summed E-state index contributed by atoms with van der Waals surface area (Å²) in [6.45, 7) is 3.49. The average Bonchev–Trinajstić information content (AvgIpc) is 2.42. The number of ether oxygens (including phenoxy) is 1. The number of nitrogens with one attached hydrogen (secondary N) is 1. The summed E-state index contributed by atoms with van der Waals surface area (Å²) >= 11 is 0. The predicted octanol–water partition coefficient (Wildman–Crippen LogP) is 1.90. The molecule has 20 heavy (non-hydrogen) atoms. The number of esters is 1. The zero-order chi connectivity index (χ0) is 14.5. The first-order valence-electron chi connectivity index (χ1n) is 6.91. The fourth-order valence-electron chi connectivity index (χ4n) is 2.39. The van der Waals surface area contributed by atoms with E-state index in [-0.39, 0.29) is 11.9 Å². The number of likely N-dealkylation sites (tertiary alicyclic amines) is 1. The molecule has 0 atom stereocenters. The molecular formula is C15H21N3O2. The van der Waals surface area contributed by atoms with Crippen molar-refractivity contribution in [1.29, 1.82) is 5.41 Å². The van der Waals surface area contributed by atoms with Gasteiger partial charge in [0.05, 0.1) is 0 Å². The Hall–Kier alpha value is -2.04. The summed E-state index contributed by atoms with van der Waals surface area (Å²) in [5, 5.41) is 7.37. The molecule has 5 nitrogen and oxygen atoms in total. The van der Waals surface area contributed by atoms with Crippen LogP contribution in [0.4, 0.5) is 0 Å². The Balaban J connectivity index is 1.78. The molecule has 0 saturated carbocycles. The SMILES string of the molecule is Cc1ccc(OC(=O)CC2CCN(C(=N)N)CC2)cc1. The number of rotatable bonds is 3. The second-order valence-corrected chi connectivity index (χ2v) is 5.31. The van der Waals surface area contributed by atoms with Gasteiger partial charge in [0.1, 0.15) is 5.75 Å². The van der Waals surface area contributed by atoms with Crippen molar-refractivity contribution in [3.63, 3.8) is 0 Å². The van der Waals surface area contributed by atoms with Crippen LogP contribution in [-0.4, -0.2) is 29.9 Å². The Morgan fingerprint density at radius 1 is 1.35 bits per heavy atom. The van der Waals surface area contributed by atoms with Crippen LogP contribution < -0.4 is 10.5 Å². The Labute approximate surface area is 119 Å². The zero-order valence-electron chi connectivity index (χ0n) is 11.8. The maximum absolute atomic E-state index is 11.9. The number of hydrogen-bond donors (Lipinski definition) is 2. The topological polar surface area (TPSA) is 79.4 Å². The number of carbonyl (C=O) groups is 1. The molecule has 1 aromatic rings. The van der Waals surface area contributed by atoms with E-state index in [9.17, 15) is 4.79 Å². The molecule has 1 aromatic carbocycles. The van der Waals surface area contributed by atoms with Gasteiger partial charge in [0.25, 0.3) is 0 Å². The first kappa shape index (κ1) is 14.4. The Kier molecular flexibility index (Phi) is 4.61. The molecule has 3 N–H and O–H groups in total. The summed E-state index contributed by atoms with van der Waals surface area (Å²) in [6, 6.07) is 7.47. The molecule has 1 fully saturated rings. The van der Waals surface area contributed by atoms with Crippen molar-refractivity contribution in [3.8, 4) is 5.75 Å². The third-order valence-corrected chi connectivity index (χ3v) is 3.66. The number of piperidine rings is 1. The van der Waals surface area contributed by atoms with Crippen molar-refractivity contribution in [3.05, 3.63) is 29.8 Å². The Bertz CT molecular complexity index is 476. The van der Waals surface area contributed by atoms with E-state index in [1.165, 1.54) is 0 Å². The van der Waals surface area contributed by atoms with Crippen LogP contribution in [0.1, 0.15) is 24.8 Å². The van der Waals surface area contributed by atoms with Gasteiger partial charge in [-0.05, 0) is 37.8 Å². The number of carbonyl (C=O) groups excluding carboxylic acids is 1. The van der Waals surface area contributed by atoms with E-state index in [0.29, 0.717) is 18.1 Å². The van der Waals surface area contributed by atoms with Crippen molar-refractivity contribution in [2.24, 2.45) is 11.7 Å². The van der Waals surface area contributed by atoms with Crippen LogP contribution >= 0.6 is 0 Å². The van der Waals surface area contributed by atoms with E-state index < -0.39 is 0 Å². The third-order valence-electron chi connectivity index (χ3n) is 3.66. The lowest BCUT2D eigenvalue weighted by Gasteiger charge is -2.31. The molecule has 108 valence electrons. The molecule has 0 spiro atoms. The second-order valence-electron chi connectivity index (χ2n) is 5.31. The lowest BCUT2D eigenvalue weighted by atomic mass is 9.94. The lowest BCUT2D eigenvalue weighted by Crippen LogP contribution is -2.42. The standard InChI is InChI=1S/C15H21N3O2/c1-11-2-4-13(5-3-11)20-14(19)10-12-6-8-18(9-7-12)15(16)17/h2-5,12H,6-10H2,1H3,(H3,16,17). The van der Waals surface area contributed by atoms with Gasteiger partial charge in [-0.2, -0.15) is 0 Å². The highest BCUT2D eigenvalue weighted by Crippen LogP contribution is 2.21. The number of benzene rings is 1. The minimum atomic E-state index is -0.185. The van der Waals surface area contributed by atoms with Gasteiger partial charge < -0.3 is 15.4 Å². The number of aryl methyl sites for hydroxylation is 1. The summed E-state index contributed by atoms with van der Waals surface area (Å²) in [5.74, 6) is 0.853. The molecule has 1 saturated heterocycles. The quantitative estimate of drug-likeness (QED) is 0.382. The van der Waals surface area contributed by atoms with Crippen LogP contribution in [-0.2, 0) is 4.79 Å². The summed E-state index contributed by atoms with van der Waals surface area (Å²) < 4.78 is 5.33. The van der Waals surface area contributed by atoms with Crippen LogP contribution in [0.25, 0.3) is 0 Å². The molecule has 2 rings (SSSR count). The number of nitrogens with zero attached hydrogens (tertiary/aromatic N) is 1. The van der Waals surface area contributed by atoms with Crippen LogP contribution in [0.3, 0.4) is 0 Å². The molecule has 5 heteroatoms.